The topological polar surface area (TPSA) is 121 Å². The van der Waals surface area contributed by atoms with Gasteiger partial charge in [-0.1, -0.05) is 23.5 Å². The summed E-state index contributed by atoms with van der Waals surface area (Å²) in [4.78, 5) is 14.3. The van der Waals surface area contributed by atoms with Gasteiger partial charge in [0.1, 0.15) is 5.75 Å². The van der Waals surface area contributed by atoms with Crippen LogP contribution in [0.2, 0.25) is 0 Å². The van der Waals surface area contributed by atoms with Gasteiger partial charge in [-0.05, 0) is 12.1 Å². The number of hydrogen-bond acceptors (Lipinski definition) is 8. The molecular formula is C14H10N4O4S. The summed E-state index contributed by atoms with van der Waals surface area (Å²) in [6, 6.07) is 9.52. The van der Waals surface area contributed by atoms with Crippen LogP contribution >= 0.6 is 11.3 Å². The molecule has 0 saturated heterocycles. The summed E-state index contributed by atoms with van der Waals surface area (Å²) < 4.78 is 0.994. The van der Waals surface area contributed by atoms with Gasteiger partial charge in [-0.15, -0.1) is 0 Å². The lowest BCUT2D eigenvalue weighted by molar-refractivity contribution is -0.385. The van der Waals surface area contributed by atoms with Gasteiger partial charge < -0.3 is 10.2 Å². The Bertz CT molecular complexity index is 889. The van der Waals surface area contributed by atoms with Gasteiger partial charge in [0.05, 0.1) is 21.4 Å². The van der Waals surface area contributed by atoms with Gasteiger partial charge in [0.15, 0.2) is 5.75 Å². The van der Waals surface area contributed by atoms with E-state index in [0.717, 1.165) is 22.3 Å². The molecule has 9 heteroatoms. The van der Waals surface area contributed by atoms with E-state index in [1.165, 1.54) is 17.6 Å². The van der Waals surface area contributed by atoms with Crippen molar-refractivity contribution in [3.8, 4) is 11.5 Å². The van der Waals surface area contributed by atoms with Crippen molar-refractivity contribution >= 4 is 38.6 Å². The number of nitro benzene ring substituents is 1. The Labute approximate surface area is 133 Å². The highest BCUT2D eigenvalue weighted by atomic mass is 32.1. The van der Waals surface area contributed by atoms with Crippen LogP contribution in [-0.2, 0) is 0 Å². The second-order valence-electron chi connectivity index (χ2n) is 4.51. The van der Waals surface area contributed by atoms with Gasteiger partial charge in [0, 0.05) is 17.7 Å². The number of phenols is 2. The third-order valence-electron chi connectivity index (χ3n) is 2.98. The molecule has 2 aromatic carbocycles. The van der Waals surface area contributed by atoms with Crippen molar-refractivity contribution in [2.24, 2.45) is 5.10 Å². The fourth-order valence-corrected chi connectivity index (χ4v) is 2.72. The minimum atomic E-state index is -0.743. The molecule has 0 unspecified atom stereocenters. The molecule has 23 heavy (non-hydrogen) atoms. The molecule has 3 aromatic rings. The van der Waals surface area contributed by atoms with E-state index >= 15 is 0 Å². The van der Waals surface area contributed by atoms with Crippen LogP contribution in [-0.4, -0.2) is 26.3 Å². The minimum Gasteiger partial charge on any atom is -0.507 e. The Balaban J connectivity index is 1.82. The predicted octanol–water partition coefficient (Wildman–Crippen LogP) is 3.06. The van der Waals surface area contributed by atoms with Crippen LogP contribution in [0.25, 0.3) is 10.2 Å². The maximum atomic E-state index is 10.8. The molecular weight excluding hydrogens is 320 g/mol. The van der Waals surface area contributed by atoms with Crippen LogP contribution in [0.3, 0.4) is 0 Å². The summed E-state index contributed by atoms with van der Waals surface area (Å²) >= 11 is 1.40. The Morgan fingerprint density at radius 2 is 2.04 bits per heavy atom. The van der Waals surface area contributed by atoms with Crippen molar-refractivity contribution in [1.82, 2.24) is 4.98 Å². The SMILES string of the molecule is O=[N+]([O-])c1cc(/C=N\Nc2nc3ccccc3s2)c(O)cc1O. The number of hydrazone groups is 1. The summed E-state index contributed by atoms with van der Waals surface area (Å²) in [5.74, 6) is -0.924. The molecule has 0 aliphatic carbocycles. The lowest BCUT2D eigenvalue weighted by Gasteiger charge is -2.01. The van der Waals surface area contributed by atoms with E-state index in [1.807, 2.05) is 24.3 Å². The van der Waals surface area contributed by atoms with Crippen LogP contribution in [0.5, 0.6) is 11.5 Å². The van der Waals surface area contributed by atoms with Gasteiger partial charge in [-0.3, -0.25) is 15.5 Å². The average Bonchev–Trinajstić information content (AvgIpc) is 2.91. The van der Waals surface area contributed by atoms with Crippen molar-refractivity contribution in [2.75, 3.05) is 5.43 Å². The van der Waals surface area contributed by atoms with E-state index in [0.29, 0.717) is 5.13 Å². The summed E-state index contributed by atoms with van der Waals surface area (Å²) in [6.07, 6.45) is 1.22. The second kappa shape index (κ2) is 5.89. The number of thiazole rings is 1. The Kier molecular flexibility index (Phi) is 3.77. The quantitative estimate of drug-likeness (QED) is 0.384. The summed E-state index contributed by atoms with van der Waals surface area (Å²) in [7, 11) is 0. The molecule has 0 aliphatic heterocycles. The lowest BCUT2D eigenvalue weighted by atomic mass is 10.2. The number of nitrogens with zero attached hydrogens (tertiary/aromatic N) is 3. The van der Waals surface area contributed by atoms with Crippen molar-refractivity contribution in [3.63, 3.8) is 0 Å². The number of benzene rings is 2. The van der Waals surface area contributed by atoms with Gasteiger partial charge in [-0.25, -0.2) is 4.98 Å². The van der Waals surface area contributed by atoms with Crippen molar-refractivity contribution in [3.05, 3.63) is 52.1 Å². The van der Waals surface area contributed by atoms with Crippen molar-refractivity contribution < 1.29 is 15.1 Å². The Hall–Kier alpha value is -3.20. The van der Waals surface area contributed by atoms with E-state index in [1.54, 1.807) is 0 Å². The molecule has 0 amide bonds. The predicted molar refractivity (Wildman–Crippen MR) is 87.3 cm³/mol. The lowest BCUT2D eigenvalue weighted by Crippen LogP contribution is -1.94. The third kappa shape index (κ3) is 3.04. The molecule has 0 spiro atoms. The number of nitro groups is 1. The van der Waals surface area contributed by atoms with Crippen LogP contribution in [0.4, 0.5) is 10.8 Å². The number of nitrogens with one attached hydrogen (secondary N) is 1. The first-order valence-electron chi connectivity index (χ1n) is 6.39. The molecule has 0 bridgehead atoms. The normalized spacial score (nSPS) is 11.1. The zero-order valence-electron chi connectivity index (χ0n) is 11.5. The Morgan fingerprint density at radius 3 is 2.78 bits per heavy atom. The minimum absolute atomic E-state index is 0.100. The molecule has 3 N–H and O–H groups in total. The zero-order valence-corrected chi connectivity index (χ0v) is 12.3. The van der Waals surface area contributed by atoms with Crippen LogP contribution in [0.1, 0.15) is 5.56 Å². The number of rotatable bonds is 4. The highest BCUT2D eigenvalue weighted by Gasteiger charge is 2.16. The van der Waals surface area contributed by atoms with Gasteiger partial charge in [0.25, 0.3) is 0 Å². The molecule has 1 heterocycles. The molecule has 0 aliphatic rings. The number of aromatic nitrogens is 1. The number of fused-ring (bicyclic) bond motifs is 1. The summed E-state index contributed by atoms with van der Waals surface area (Å²) in [5.41, 5.74) is 3.13. The fraction of sp³-hybridized carbons (Fsp3) is 0. The maximum absolute atomic E-state index is 10.8. The van der Waals surface area contributed by atoms with Crippen LogP contribution in [0, 0.1) is 10.1 Å². The van der Waals surface area contributed by atoms with Crippen LogP contribution < -0.4 is 5.43 Å². The molecule has 3 rings (SSSR count). The summed E-state index contributed by atoms with van der Waals surface area (Å²) in [5, 5.41) is 34.3. The van der Waals surface area contributed by atoms with E-state index < -0.39 is 16.4 Å². The highest BCUT2D eigenvalue weighted by Crippen LogP contribution is 2.32. The Morgan fingerprint density at radius 1 is 1.26 bits per heavy atom. The molecule has 0 radical (unpaired) electrons. The van der Waals surface area contributed by atoms with Gasteiger partial charge in [0.2, 0.25) is 5.13 Å². The van der Waals surface area contributed by atoms with Gasteiger partial charge in [-0.2, -0.15) is 5.10 Å². The number of para-hydroxylation sites is 1. The second-order valence-corrected chi connectivity index (χ2v) is 5.54. The van der Waals surface area contributed by atoms with Gasteiger partial charge >= 0.3 is 5.69 Å². The largest absolute Gasteiger partial charge is 0.507 e. The molecule has 0 fully saturated rings. The van der Waals surface area contributed by atoms with E-state index in [9.17, 15) is 20.3 Å². The maximum Gasteiger partial charge on any atom is 0.311 e. The average molecular weight is 330 g/mol. The number of aromatic hydroxyl groups is 2. The number of phenolic OH excluding ortho intramolecular Hbond substituents is 2. The third-order valence-corrected chi connectivity index (χ3v) is 3.92. The first kappa shape index (κ1) is 14.7. The first-order chi connectivity index (χ1) is 11.0. The first-order valence-corrected chi connectivity index (χ1v) is 7.21. The van der Waals surface area contributed by atoms with E-state index in [4.69, 9.17) is 0 Å². The molecule has 116 valence electrons. The summed E-state index contributed by atoms with van der Waals surface area (Å²) in [6.45, 7) is 0. The monoisotopic (exact) mass is 330 g/mol. The molecule has 8 nitrogen and oxygen atoms in total. The van der Waals surface area contributed by atoms with Crippen LogP contribution in [0.15, 0.2) is 41.5 Å². The number of anilines is 1. The van der Waals surface area contributed by atoms with Crippen molar-refractivity contribution in [2.45, 2.75) is 0 Å². The van der Waals surface area contributed by atoms with Crippen molar-refractivity contribution in [1.29, 1.82) is 0 Å². The standard InChI is InChI=1S/C14H10N4O4S/c19-11-6-12(20)10(18(21)22)5-8(11)7-15-17-14-16-9-3-1-2-4-13(9)23-14/h1-7,19-20H,(H,16,17)/b15-7-. The highest BCUT2D eigenvalue weighted by molar-refractivity contribution is 7.22. The molecule has 0 saturated carbocycles. The molecule has 0 atom stereocenters. The number of hydrogen-bond donors (Lipinski definition) is 3. The van der Waals surface area contributed by atoms with E-state index in [-0.39, 0.29) is 11.3 Å². The van der Waals surface area contributed by atoms with E-state index in [2.05, 4.69) is 15.5 Å². The fourth-order valence-electron chi connectivity index (χ4n) is 1.91. The smallest absolute Gasteiger partial charge is 0.311 e. The molecule has 1 aromatic heterocycles. The zero-order chi connectivity index (χ0) is 16.4.